The van der Waals surface area contributed by atoms with Crippen molar-refractivity contribution in [1.29, 1.82) is 0 Å². The van der Waals surface area contributed by atoms with Gasteiger partial charge in [-0.05, 0) is 31.5 Å². The summed E-state index contributed by atoms with van der Waals surface area (Å²) in [4.78, 5) is 0. The van der Waals surface area contributed by atoms with Gasteiger partial charge in [0.15, 0.2) is 0 Å². The lowest BCUT2D eigenvalue weighted by Crippen LogP contribution is -1.99. The zero-order chi connectivity index (χ0) is 14.1. The number of rotatable bonds is 2. The summed E-state index contributed by atoms with van der Waals surface area (Å²) in [5.41, 5.74) is 11.8. The first-order valence-electron chi connectivity index (χ1n) is 6.49. The Labute approximate surface area is 117 Å². The minimum atomic E-state index is 0.720. The molecule has 4 nitrogen and oxygen atoms in total. The summed E-state index contributed by atoms with van der Waals surface area (Å²) in [6.07, 6.45) is 1.92. The van der Waals surface area contributed by atoms with Gasteiger partial charge >= 0.3 is 0 Å². The molecule has 0 spiro atoms. The highest BCUT2D eigenvalue weighted by Crippen LogP contribution is 2.21. The summed E-state index contributed by atoms with van der Waals surface area (Å²) in [7, 11) is 0. The molecule has 2 aromatic carbocycles. The average molecular weight is 264 g/mol. The van der Waals surface area contributed by atoms with Crippen LogP contribution >= 0.6 is 0 Å². The average Bonchev–Trinajstić information content (AvgIpc) is 2.92. The van der Waals surface area contributed by atoms with Crippen LogP contribution in [0.1, 0.15) is 11.1 Å². The molecule has 2 N–H and O–H groups in total. The molecule has 100 valence electrons. The van der Waals surface area contributed by atoms with Gasteiger partial charge in [-0.2, -0.15) is 0 Å². The quantitative estimate of drug-likeness (QED) is 0.723. The summed E-state index contributed by atoms with van der Waals surface area (Å²) in [5, 5.41) is 8.43. The molecule has 4 heteroatoms. The standard InChI is InChI=1S/C16H16N4/c1-11-3-6-13(7-4-11)15-10-20(19-18-15)16-9-14(17)8-5-12(16)2/h3-10H,17H2,1-2H3. The van der Waals surface area contributed by atoms with E-state index in [1.54, 1.807) is 4.68 Å². The van der Waals surface area contributed by atoms with Crippen LogP contribution in [0.4, 0.5) is 5.69 Å². The number of anilines is 1. The van der Waals surface area contributed by atoms with Crippen LogP contribution < -0.4 is 5.73 Å². The molecule has 0 aliphatic carbocycles. The molecule has 0 aliphatic rings. The summed E-state index contributed by atoms with van der Waals surface area (Å²) < 4.78 is 1.76. The van der Waals surface area contributed by atoms with Gasteiger partial charge in [0, 0.05) is 11.3 Å². The zero-order valence-electron chi connectivity index (χ0n) is 11.5. The van der Waals surface area contributed by atoms with E-state index in [-0.39, 0.29) is 0 Å². The first-order valence-corrected chi connectivity index (χ1v) is 6.49. The van der Waals surface area contributed by atoms with E-state index in [2.05, 4.69) is 41.5 Å². The number of aryl methyl sites for hydroxylation is 2. The second-order valence-corrected chi connectivity index (χ2v) is 4.96. The third kappa shape index (κ3) is 2.28. The largest absolute Gasteiger partial charge is 0.399 e. The predicted octanol–water partition coefficient (Wildman–Crippen LogP) is 3.13. The minimum absolute atomic E-state index is 0.720. The highest BCUT2D eigenvalue weighted by Gasteiger charge is 2.07. The normalized spacial score (nSPS) is 10.7. The Morgan fingerprint density at radius 3 is 2.50 bits per heavy atom. The first kappa shape index (κ1) is 12.4. The molecule has 0 aliphatic heterocycles. The number of hydrogen-bond acceptors (Lipinski definition) is 3. The molecule has 0 bridgehead atoms. The number of aromatic nitrogens is 3. The van der Waals surface area contributed by atoms with Crippen molar-refractivity contribution in [2.24, 2.45) is 0 Å². The van der Waals surface area contributed by atoms with Crippen LogP contribution in [-0.4, -0.2) is 15.0 Å². The second kappa shape index (κ2) is 4.81. The van der Waals surface area contributed by atoms with Crippen LogP contribution in [0.25, 0.3) is 16.9 Å². The van der Waals surface area contributed by atoms with E-state index in [9.17, 15) is 0 Å². The lowest BCUT2D eigenvalue weighted by Gasteiger charge is -2.05. The van der Waals surface area contributed by atoms with E-state index >= 15 is 0 Å². The molecule has 0 saturated heterocycles. The Morgan fingerprint density at radius 1 is 1.00 bits per heavy atom. The van der Waals surface area contributed by atoms with Gasteiger partial charge in [-0.15, -0.1) is 5.10 Å². The molecule has 3 rings (SSSR count). The molecular formula is C16H16N4. The van der Waals surface area contributed by atoms with Crippen molar-refractivity contribution >= 4 is 5.69 Å². The van der Waals surface area contributed by atoms with Crippen LogP contribution in [0.2, 0.25) is 0 Å². The fourth-order valence-corrected chi connectivity index (χ4v) is 2.11. The Bertz CT molecular complexity index is 741. The molecule has 0 atom stereocenters. The molecule has 1 heterocycles. The number of nitrogens with zero attached hydrogens (tertiary/aromatic N) is 3. The van der Waals surface area contributed by atoms with E-state index < -0.39 is 0 Å². The van der Waals surface area contributed by atoms with Crippen LogP contribution in [-0.2, 0) is 0 Å². The number of benzene rings is 2. The minimum Gasteiger partial charge on any atom is -0.399 e. The summed E-state index contributed by atoms with van der Waals surface area (Å²) in [5.74, 6) is 0. The van der Waals surface area contributed by atoms with Crippen molar-refractivity contribution in [3.63, 3.8) is 0 Å². The lowest BCUT2D eigenvalue weighted by atomic mass is 10.1. The third-order valence-corrected chi connectivity index (χ3v) is 3.32. The third-order valence-electron chi connectivity index (χ3n) is 3.32. The van der Waals surface area contributed by atoms with Crippen molar-refractivity contribution in [2.45, 2.75) is 13.8 Å². The molecule has 0 radical (unpaired) electrons. The lowest BCUT2D eigenvalue weighted by molar-refractivity contribution is 0.799. The topological polar surface area (TPSA) is 56.7 Å². The van der Waals surface area contributed by atoms with Gasteiger partial charge in [0.1, 0.15) is 5.69 Å². The van der Waals surface area contributed by atoms with Gasteiger partial charge in [-0.3, -0.25) is 0 Å². The van der Waals surface area contributed by atoms with Crippen LogP contribution in [0.15, 0.2) is 48.7 Å². The molecule has 1 aromatic heterocycles. The summed E-state index contributed by atoms with van der Waals surface area (Å²) >= 11 is 0. The number of nitrogens with two attached hydrogens (primary N) is 1. The molecule has 0 amide bonds. The van der Waals surface area contributed by atoms with Crippen molar-refractivity contribution in [2.75, 3.05) is 5.73 Å². The Kier molecular flexibility index (Phi) is 2.99. The molecule has 0 fully saturated rings. The van der Waals surface area contributed by atoms with E-state index in [0.29, 0.717) is 0 Å². The maximum absolute atomic E-state index is 5.84. The highest BCUT2D eigenvalue weighted by molar-refractivity contribution is 5.59. The van der Waals surface area contributed by atoms with Crippen molar-refractivity contribution in [3.05, 3.63) is 59.8 Å². The fraction of sp³-hybridized carbons (Fsp3) is 0.125. The Morgan fingerprint density at radius 2 is 1.75 bits per heavy atom. The van der Waals surface area contributed by atoms with Crippen molar-refractivity contribution in [3.8, 4) is 16.9 Å². The molecular weight excluding hydrogens is 248 g/mol. The molecule has 0 unspecified atom stereocenters. The van der Waals surface area contributed by atoms with Gasteiger partial charge in [0.05, 0.1) is 11.9 Å². The monoisotopic (exact) mass is 264 g/mol. The summed E-state index contributed by atoms with van der Waals surface area (Å²) in [6, 6.07) is 14.0. The van der Waals surface area contributed by atoms with Crippen LogP contribution in [0.3, 0.4) is 0 Å². The van der Waals surface area contributed by atoms with Gasteiger partial charge in [0.25, 0.3) is 0 Å². The van der Waals surface area contributed by atoms with E-state index in [0.717, 1.165) is 28.2 Å². The van der Waals surface area contributed by atoms with Gasteiger partial charge in [-0.1, -0.05) is 41.1 Å². The van der Waals surface area contributed by atoms with Gasteiger partial charge in [0.2, 0.25) is 0 Å². The van der Waals surface area contributed by atoms with E-state index in [4.69, 9.17) is 5.73 Å². The smallest absolute Gasteiger partial charge is 0.113 e. The predicted molar refractivity (Wildman–Crippen MR) is 80.7 cm³/mol. The Balaban J connectivity index is 2.01. The maximum atomic E-state index is 5.84. The van der Waals surface area contributed by atoms with Gasteiger partial charge in [-0.25, -0.2) is 4.68 Å². The van der Waals surface area contributed by atoms with Crippen LogP contribution in [0, 0.1) is 13.8 Å². The SMILES string of the molecule is Cc1ccc(-c2cn(-c3cc(N)ccc3C)nn2)cc1. The zero-order valence-corrected chi connectivity index (χ0v) is 11.5. The van der Waals surface area contributed by atoms with E-state index in [1.807, 2.05) is 31.3 Å². The van der Waals surface area contributed by atoms with Gasteiger partial charge < -0.3 is 5.73 Å². The molecule has 3 aromatic rings. The molecule has 20 heavy (non-hydrogen) atoms. The second-order valence-electron chi connectivity index (χ2n) is 4.96. The maximum Gasteiger partial charge on any atom is 0.113 e. The van der Waals surface area contributed by atoms with E-state index in [1.165, 1.54) is 5.56 Å². The van der Waals surface area contributed by atoms with Crippen molar-refractivity contribution in [1.82, 2.24) is 15.0 Å². The highest BCUT2D eigenvalue weighted by atomic mass is 15.4. The number of nitrogen functional groups attached to an aromatic ring is 1. The van der Waals surface area contributed by atoms with Crippen LogP contribution in [0.5, 0.6) is 0 Å². The summed E-state index contributed by atoms with van der Waals surface area (Å²) in [6.45, 7) is 4.10. The fourth-order valence-electron chi connectivity index (χ4n) is 2.11. The Hall–Kier alpha value is -2.62. The molecule has 0 saturated carbocycles. The number of hydrogen-bond donors (Lipinski definition) is 1. The first-order chi connectivity index (χ1) is 9.63. The van der Waals surface area contributed by atoms with Crippen molar-refractivity contribution < 1.29 is 0 Å².